The Kier molecular flexibility index (Phi) is 5.00. The van der Waals surface area contributed by atoms with Crippen molar-refractivity contribution in [2.45, 2.75) is 32.7 Å². The molecule has 1 fully saturated rings. The van der Waals surface area contributed by atoms with Crippen LogP contribution in [-0.2, 0) is 4.79 Å². The van der Waals surface area contributed by atoms with Crippen LogP contribution < -0.4 is 4.90 Å². The molecule has 0 atom stereocenters. The van der Waals surface area contributed by atoms with Gasteiger partial charge in [0.1, 0.15) is 5.82 Å². The first-order valence-corrected chi connectivity index (χ1v) is 8.65. The smallest absolute Gasteiger partial charge is 0.317 e. The van der Waals surface area contributed by atoms with Crippen molar-refractivity contribution >= 4 is 22.7 Å². The van der Waals surface area contributed by atoms with Crippen LogP contribution in [0.3, 0.4) is 0 Å². The number of hydrogen-bond donors (Lipinski definition) is 1. The Morgan fingerprint density at radius 2 is 2.04 bits per heavy atom. The zero-order valence-corrected chi connectivity index (χ0v) is 14.4. The molecule has 0 bridgehead atoms. The second-order valence-electron chi connectivity index (χ2n) is 6.50. The summed E-state index contributed by atoms with van der Waals surface area (Å²) in [6, 6.07) is 10.8. The Hall–Kier alpha value is -2.14. The van der Waals surface area contributed by atoms with Crippen LogP contribution in [-0.4, -0.2) is 53.2 Å². The minimum Gasteiger partial charge on any atom is -0.480 e. The third-order valence-electron chi connectivity index (χ3n) is 4.91. The maximum atomic E-state index is 11.0. The maximum Gasteiger partial charge on any atom is 0.317 e. The van der Waals surface area contributed by atoms with E-state index in [2.05, 4.69) is 34.9 Å². The molecule has 1 saturated heterocycles. The second kappa shape index (κ2) is 7.18. The maximum absolute atomic E-state index is 11.0. The van der Waals surface area contributed by atoms with Crippen molar-refractivity contribution in [3.63, 3.8) is 0 Å². The van der Waals surface area contributed by atoms with E-state index in [1.807, 2.05) is 19.1 Å². The fourth-order valence-electron chi connectivity index (χ4n) is 3.65. The SMILES string of the molecule is CCN(CC(=O)O)C1CCN(c2nc3ccccc3cc2C)CC1. The summed E-state index contributed by atoms with van der Waals surface area (Å²) in [6.45, 7) is 6.91. The predicted octanol–water partition coefficient (Wildman–Crippen LogP) is 2.92. The lowest BCUT2D eigenvalue weighted by molar-refractivity contribution is -0.139. The van der Waals surface area contributed by atoms with Crippen molar-refractivity contribution < 1.29 is 9.90 Å². The highest BCUT2D eigenvalue weighted by Crippen LogP contribution is 2.26. The van der Waals surface area contributed by atoms with Crippen molar-refractivity contribution in [2.24, 2.45) is 0 Å². The Labute approximate surface area is 142 Å². The van der Waals surface area contributed by atoms with Gasteiger partial charge in [-0.3, -0.25) is 9.69 Å². The van der Waals surface area contributed by atoms with Crippen LogP contribution in [0.5, 0.6) is 0 Å². The minimum atomic E-state index is -0.744. The number of rotatable bonds is 5. The summed E-state index contributed by atoms with van der Waals surface area (Å²) in [5.41, 5.74) is 2.23. The van der Waals surface area contributed by atoms with Gasteiger partial charge in [-0.15, -0.1) is 0 Å². The highest BCUT2D eigenvalue weighted by Gasteiger charge is 2.26. The van der Waals surface area contributed by atoms with Gasteiger partial charge in [0.2, 0.25) is 0 Å². The third-order valence-corrected chi connectivity index (χ3v) is 4.91. The number of carbonyl (C=O) groups is 1. The average Bonchev–Trinajstić information content (AvgIpc) is 2.59. The molecule has 1 aliphatic rings. The number of aromatic nitrogens is 1. The van der Waals surface area contributed by atoms with Gasteiger partial charge in [-0.2, -0.15) is 0 Å². The van der Waals surface area contributed by atoms with Crippen molar-refractivity contribution in [1.82, 2.24) is 9.88 Å². The molecule has 0 saturated carbocycles. The number of pyridine rings is 1. The van der Waals surface area contributed by atoms with Gasteiger partial charge in [0.25, 0.3) is 0 Å². The molecule has 0 radical (unpaired) electrons. The summed E-state index contributed by atoms with van der Waals surface area (Å²) in [6.07, 6.45) is 1.96. The number of aryl methyl sites for hydroxylation is 1. The molecule has 1 aromatic carbocycles. The predicted molar refractivity (Wildman–Crippen MR) is 96.6 cm³/mol. The van der Waals surface area contributed by atoms with Gasteiger partial charge < -0.3 is 10.0 Å². The van der Waals surface area contributed by atoms with E-state index in [1.54, 1.807) is 0 Å². The number of aliphatic carboxylic acids is 1. The lowest BCUT2D eigenvalue weighted by Gasteiger charge is -2.38. The molecule has 5 heteroatoms. The summed E-state index contributed by atoms with van der Waals surface area (Å²) in [5.74, 6) is 0.319. The normalized spacial score (nSPS) is 16.0. The largest absolute Gasteiger partial charge is 0.480 e. The van der Waals surface area contributed by atoms with E-state index in [9.17, 15) is 4.79 Å². The number of nitrogens with zero attached hydrogens (tertiary/aromatic N) is 3. The van der Waals surface area contributed by atoms with Crippen LogP contribution in [0.1, 0.15) is 25.3 Å². The Bertz CT molecular complexity index is 724. The van der Waals surface area contributed by atoms with E-state index < -0.39 is 5.97 Å². The van der Waals surface area contributed by atoms with E-state index >= 15 is 0 Å². The van der Waals surface area contributed by atoms with Crippen LogP contribution in [0.25, 0.3) is 10.9 Å². The molecule has 5 nitrogen and oxygen atoms in total. The number of para-hydroxylation sites is 1. The van der Waals surface area contributed by atoms with Crippen LogP contribution in [0.2, 0.25) is 0 Å². The molecule has 128 valence electrons. The topological polar surface area (TPSA) is 56.7 Å². The number of hydrogen-bond acceptors (Lipinski definition) is 4. The number of carboxylic acids is 1. The van der Waals surface area contributed by atoms with E-state index in [-0.39, 0.29) is 6.54 Å². The Morgan fingerprint density at radius 3 is 2.71 bits per heavy atom. The molecule has 3 rings (SSSR count). The lowest BCUT2D eigenvalue weighted by Crippen LogP contribution is -2.47. The summed E-state index contributed by atoms with van der Waals surface area (Å²) in [5, 5.41) is 10.2. The molecular weight excluding hydrogens is 302 g/mol. The lowest BCUT2D eigenvalue weighted by atomic mass is 10.0. The zero-order chi connectivity index (χ0) is 17.1. The quantitative estimate of drug-likeness (QED) is 0.915. The molecule has 24 heavy (non-hydrogen) atoms. The molecule has 2 aromatic rings. The summed E-state index contributed by atoms with van der Waals surface area (Å²) >= 11 is 0. The van der Waals surface area contributed by atoms with Crippen LogP contribution in [0.4, 0.5) is 5.82 Å². The van der Waals surface area contributed by atoms with E-state index in [0.29, 0.717) is 6.04 Å². The first-order chi connectivity index (χ1) is 11.6. The number of anilines is 1. The number of carboxylic acid groups (broad SMARTS) is 1. The number of fused-ring (bicyclic) bond motifs is 1. The molecule has 0 unspecified atom stereocenters. The number of piperidine rings is 1. The van der Waals surface area contributed by atoms with Gasteiger partial charge >= 0.3 is 5.97 Å². The molecule has 1 aromatic heterocycles. The highest BCUT2D eigenvalue weighted by molar-refractivity contribution is 5.81. The van der Waals surface area contributed by atoms with Gasteiger partial charge in [0, 0.05) is 24.5 Å². The standard InChI is InChI=1S/C19H25N3O2/c1-3-21(13-18(23)24)16-8-10-22(11-9-16)19-14(2)12-15-6-4-5-7-17(15)20-19/h4-7,12,16H,3,8-11,13H2,1-2H3,(H,23,24). The minimum absolute atomic E-state index is 0.133. The average molecular weight is 327 g/mol. The number of likely N-dealkylation sites (N-methyl/N-ethyl adjacent to an activating group) is 1. The van der Waals surface area contributed by atoms with Gasteiger partial charge in [-0.1, -0.05) is 25.1 Å². The second-order valence-corrected chi connectivity index (χ2v) is 6.50. The summed E-state index contributed by atoms with van der Waals surface area (Å²) in [7, 11) is 0. The van der Waals surface area contributed by atoms with Gasteiger partial charge in [-0.05, 0) is 44.0 Å². The summed E-state index contributed by atoms with van der Waals surface area (Å²) in [4.78, 5) is 20.3. The first-order valence-electron chi connectivity index (χ1n) is 8.65. The van der Waals surface area contributed by atoms with E-state index in [0.717, 1.165) is 43.8 Å². The van der Waals surface area contributed by atoms with Crippen LogP contribution >= 0.6 is 0 Å². The van der Waals surface area contributed by atoms with Gasteiger partial charge in [-0.25, -0.2) is 4.98 Å². The molecule has 1 aliphatic heterocycles. The molecule has 1 N–H and O–H groups in total. The number of benzene rings is 1. The molecule has 0 amide bonds. The van der Waals surface area contributed by atoms with Crippen molar-refractivity contribution in [3.8, 4) is 0 Å². The Morgan fingerprint density at radius 1 is 1.33 bits per heavy atom. The Balaban J connectivity index is 1.72. The molecule has 2 heterocycles. The van der Waals surface area contributed by atoms with Gasteiger partial charge in [0.05, 0.1) is 12.1 Å². The first kappa shape index (κ1) is 16.7. The molecule has 0 aliphatic carbocycles. The fraction of sp³-hybridized carbons (Fsp3) is 0.474. The van der Waals surface area contributed by atoms with Crippen LogP contribution in [0, 0.1) is 6.92 Å². The van der Waals surface area contributed by atoms with E-state index in [1.165, 1.54) is 10.9 Å². The fourth-order valence-corrected chi connectivity index (χ4v) is 3.65. The third kappa shape index (κ3) is 3.51. The van der Waals surface area contributed by atoms with Crippen molar-refractivity contribution in [2.75, 3.05) is 31.1 Å². The van der Waals surface area contributed by atoms with Crippen molar-refractivity contribution in [1.29, 1.82) is 0 Å². The van der Waals surface area contributed by atoms with Crippen LogP contribution in [0.15, 0.2) is 30.3 Å². The molecular formula is C19H25N3O2. The highest BCUT2D eigenvalue weighted by atomic mass is 16.4. The zero-order valence-electron chi connectivity index (χ0n) is 14.4. The van der Waals surface area contributed by atoms with Gasteiger partial charge in [0.15, 0.2) is 0 Å². The van der Waals surface area contributed by atoms with E-state index in [4.69, 9.17) is 10.1 Å². The van der Waals surface area contributed by atoms with Crippen molar-refractivity contribution in [3.05, 3.63) is 35.9 Å². The summed E-state index contributed by atoms with van der Waals surface area (Å²) < 4.78 is 0. The monoisotopic (exact) mass is 327 g/mol. The molecule has 0 spiro atoms.